The van der Waals surface area contributed by atoms with Crippen LogP contribution in [0.3, 0.4) is 0 Å². The van der Waals surface area contributed by atoms with Crippen LogP contribution in [0.1, 0.15) is 127 Å². The SMILES string of the molecule is C#C[Si](C(C)C)(C(C)C)C(C)C.CC(C)[Si](C#CC(=O)CCc1ccccc1)(C(C)C)C(C)C.CON(C)C(=O)CCc1ccccc1.[CH2-]CCC.[Li+]. The number of aryl methyl sites for hydroxylation is 2. The second-order valence-electron chi connectivity index (χ2n) is 15.5. The number of nitrogens with zero attached hydrogens (tertiary/aromatic N) is 1. The largest absolute Gasteiger partial charge is 1.00 e. The second-order valence-corrected chi connectivity index (χ2v) is 26.7. The Kier molecular flexibility index (Phi) is 31.1. The minimum Gasteiger partial charge on any atom is -0.343 e. The third-order valence-corrected chi connectivity index (χ3v) is 22.9. The van der Waals surface area contributed by atoms with Crippen LogP contribution < -0.4 is 18.9 Å². The number of rotatable bonds is 14. The molecule has 0 fully saturated rings. The maximum absolute atomic E-state index is 12.2. The number of ketones is 1. The molecule has 0 N–H and O–H groups in total. The predicted octanol–water partition coefficient (Wildman–Crippen LogP) is 9.51. The smallest absolute Gasteiger partial charge is 0.343 e. The van der Waals surface area contributed by atoms with Gasteiger partial charge in [-0.15, -0.1) is 17.5 Å². The molecular weight excluding hydrogens is 678 g/mol. The van der Waals surface area contributed by atoms with Gasteiger partial charge in [0, 0.05) is 19.9 Å². The van der Waals surface area contributed by atoms with E-state index in [-0.39, 0.29) is 30.6 Å². The number of hydrogen-bond donors (Lipinski definition) is 0. The quantitative estimate of drug-likeness (QED) is 0.0836. The molecule has 0 saturated carbocycles. The molecule has 2 aromatic carbocycles. The Bertz CT molecular complexity index is 1290. The summed E-state index contributed by atoms with van der Waals surface area (Å²) in [4.78, 5) is 28.3. The van der Waals surface area contributed by atoms with Crippen LogP contribution in [0.4, 0.5) is 0 Å². The summed E-state index contributed by atoms with van der Waals surface area (Å²) in [6, 6.07) is 20.1. The molecule has 0 unspecified atom stereocenters. The van der Waals surface area contributed by atoms with Crippen LogP contribution in [-0.4, -0.2) is 47.1 Å². The standard InChI is InChI=1S/C20H30OSi.C11H15NO2.C11H22Si.C4H9.Li/c1-16(2)22(17(3)4,18(5)6)15-14-20(21)13-12-19-10-8-7-9-11-19;1-12(14-2)11(13)9-8-10-6-4-3-5-7-10;1-8-12(9(2)3,10(4)5)11(6)7;1-3-4-2;/h7-11,16-18H,12-13H2,1-6H3;3-7H,8-9H2,1-2H3;1,9-11H,2-7H3;1,3-4H2,2H3;/q;;;-1;+1. The van der Waals surface area contributed by atoms with E-state index in [0.717, 1.165) is 19.3 Å². The van der Waals surface area contributed by atoms with Crippen LogP contribution in [0.15, 0.2) is 60.7 Å². The van der Waals surface area contributed by atoms with Crippen molar-refractivity contribution in [3.8, 4) is 23.4 Å². The summed E-state index contributed by atoms with van der Waals surface area (Å²) in [7, 11) is -0.149. The van der Waals surface area contributed by atoms with Gasteiger partial charge in [0.25, 0.3) is 0 Å². The van der Waals surface area contributed by atoms with E-state index >= 15 is 0 Å². The minimum absolute atomic E-state index is 0. The number of carbonyl (C=O) groups is 2. The summed E-state index contributed by atoms with van der Waals surface area (Å²) in [5, 5.41) is 1.25. The Hall–Kier alpha value is -2.31. The first kappa shape index (κ1) is 55.0. The minimum atomic E-state index is -1.78. The first-order chi connectivity index (χ1) is 24.3. The Labute approximate surface area is 342 Å². The molecule has 0 heterocycles. The number of hydroxylamine groups is 2. The summed E-state index contributed by atoms with van der Waals surface area (Å²) in [5.74, 6) is 3.09. The number of unbranched alkanes of at least 4 members (excludes halogenated alkanes) is 1. The zero-order valence-corrected chi connectivity index (χ0v) is 38.9. The van der Waals surface area contributed by atoms with Crippen molar-refractivity contribution in [2.75, 3.05) is 14.2 Å². The van der Waals surface area contributed by atoms with Crippen molar-refractivity contribution in [3.63, 3.8) is 0 Å². The van der Waals surface area contributed by atoms with Crippen LogP contribution in [0.5, 0.6) is 0 Å². The van der Waals surface area contributed by atoms with E-state index in [1.54, 1.807) is 7.05 Å². The van der Waals surface area contributed by atoms with Crippen LogP contribution in [-0.2, 0) is 27.3 Å². The number of amides is 1. The third-order valence-electron chi connectivity index (χ3n) is 10.3. The zero-order valence-electron chi connectivity index (χ0n) is 36.9. The number of Topliss-reactive ketones (excluding diaryl/α,β-unsaturated/α-hetero) is 1. The zero-order chi connectivity index (χ0) is 40.5. The number of terminal acetylenes is 1. The summed E-state index contributed by atoms with van der Waals surface area (Å²) in [6.07, 6.45) is 10.5. The van der Waals surface area contributed by atoms with Gasteiger partial charge in [-0.2, -0.15) is 6.42 Å². The second kappa shape index (κ2) is 30.0. The summed E-state index contributed by atoms with van der Waals surface area (Å²) in [6.45, 7) is 33.1. The van der Waals surface area contributed by atoms with Crippen molar-refractivity contribution in [2.24, 2.45) is 0 Å². The van der Waals surface area contributed by atoms with Gasteiger partial charge in [-0.05, 0) is 63.1 Å². The van der Waals surface area contributed by atoms with Crippen LogP contribution in [0, 0.1) is 30.4 Å². The first-order valence-corrected chi connectivity index (χ1v) is 24.0. The average Bonchev–Trinajstić information content (AvgIpc) is 3.10. The van der Waals surface area contributed by atoms with Gasteiger partial charge >= 0.3 is 18.9 Å². The van der Waals surface area contributed by atoms with E-state index in [9.17, 15) is 9.59 Å². The van der Waals surface area contributed by atoms with Crippen molar-refractivity contribution >= 4 is 27.8 Å². The Morgan fingerprint density at radius 3 is 1.30 bits per heavy atom. The molecule has 292 valence electrons. The Morgan fingerprint density at radius 1 is 0.698 bits per heavy atom. The predicted molar refractivity (Wildman–Crippen MR) is 233 cm³/mol. The Balaban J connectivity index is -0.000000699. The van der Waals surface area contributed by atoms with Crippen molar-refractivity contribution < 1.29 is 33.3 Å². The van der Waals surface area contributed by atoms with E-state index < -0.39 is 16.1 Å². The maximum Gasteiger partial charge on any atom is 1.00 e. The molecule has 0 spiro atoms. The van der Waals surface area contributed by atoms with Gasteiger partial charge < -0.3 is 6.92 Å². The normalized spacial score (nSPS) is 10.9. The third kappa shape index (κ3) is 19.7. The molecule has 0 aliphatic carbocycles. The van der Waals surface area contributed by atoms with Crippen molar-refractivity contribution in [1.82, 2.24) is 5.06 Å². The average molecular weight is 754 g/mol. The molecule has 2 aromatic rings. The molecule has 2 rings (SSSR count). The van der Waals surface area contributed by atoms with Crippen molar-refractivity contribution in [3.05, 3.63) is 78.7 Å². The van der Waals surface area contributed by atoms with Crippen LogP contribution in [0.25, 0.3) is 0 Å². The molecule has 0 atom stereocenters. The van der Waals surface area contributed by atoms with Crippen LogP contribution in [0.2, 0.25) is 33.2 Å². The van der Waals surface area contributed by atoms with Gasteiger partial charge in [-0.25, -0.2) is 5.06 Å². The maximum atomic E-state index is 12.2. The molecule has 0 saturated heterocycles. The molecule has 0 aromatic heterocycles. The fourth-order valence-electron chi connectivity index (χ4n) is 7.23. The van der Waals surface area contributed by atoms with Crippen LogP contribution >= 0.6 is 0 Å². The summed E-state index contributed by atoms with van der Waals surface area (Å²) < 4.78 is 0. The van der Waals surface area contributed by atoms with E-state index in [1.165, 1.54) is 29.7 Å². The molecule has 53 heavy (non-hydrogen) atoms. The number of benzene rings is 2. The molecule has 0 bridgehead atoms. The molecule has 0 radical (unpaired) electrons. The number of hydrogen-bond acceptors (Lipinski definition) is 3. The topological polar surface area (TPSA) is 46.6 Å². The van der Waals surface area contributed by atoms with Gasteiger partial charge in [0.05, 0.1) is 7.11 Å². The molecule has 0 aliphatic heterocycles. The molecule has 0 aliphatic rings. The van der Waals surface area contributed by atoms with Gasteiger partial charge in [0.15, 0.2) is 0 Å². The van der Waals surface area contributed by atoms with Crippen molar-refractivity contribution in [2.45, 2.75) is 162 Å². The molecule has 7 heteroatoms. The van der Waals surface area contributed by atoms with Gasteiger partial charge in [0.1, 0.15) is 16.1 Å². The molecular formula is C46H76LiNO3Si2. The van der Waals surface area contributed by atoms with E-state index in [1.807, 2.05) is 48.5 Å². The summed E-state index contributed by atoms with van der Waals surface area (Å²) in [5.41, 5.74) is 12.8. The summed E-state index contributed by atoms with van der Waals surface area (Å²) >= 11 is 0. The van der Waals surface area contributed by atoms with E-state index in [2.05, 4.69) is 126 Å². The van der Waals surface area contributed by atoms with Gasteiger partial charge in [-0.3, -0.25) is 14.4 Å². The Morgan fingerprint density at radius 2 is 1.04 bits per heavy atom. The van der Waals surface area contributed by atoms with E-state index in [0.29, 0.717) is 46.1 Å². The number of carbonyl (C=O) groups excluding carboxylic acids is 2. The fourth-order valence-corrected chi connectivity index (χ4v) is 17.5. The van der Waals surface area contributed by atoms with E-state index in [4.69, 9.17) is 11.3 Å². The van der Waals surface area contributed by atoms with Crippen molar-refractivity contribution in [1.29, 1.82) is 0 Å². The monoisotopic (exact) mass is 754 g/mol. The molecule has 4 nitrogen and oxygen atoms in total. The molecule has 1 amide bonds. The van der Waals surface area contributed by atoms with Gasteiger partial charge in [-0.1, -0.05) is 157 Å². The first-order valence-electron chi connectivity index (χ1n) is 19.6. The van der Waals surface area contributed by atoms with Gasteiger partial charge in [0.2, 0.25) is 11.7 Å². The fraction of sp³-hybridized carbons (Fsp3) is 0.587.